The summed E-state index contributed by atoms with van der Waals surface area (Å²) < 4.78 is 5.18. The van der Waals surface area contributed by atoms with Crippen LogP contribution < -0.4 is 5.32 Å². The first-order valence-electron chi connectivity index (χ1n) is 6.99. The van der Waals surface area contributed by atoms with Crippen LogP contribution in [0.4, 0.5) is 0 Å². The predicted molar refractivity (Wildman–Crippen MR) is 80.2 cm³/mol. The SMILES string of the molecule is CCCCSCCC(C)(NC(C)C)C(=O)OCC. The molecule has 0 amide bonds. The Hall–Kier alpha value is -0.220. The molecular weight excluding hydrogens is 246 g/mol. The van der Waals surface area contributed by atoms with Crippen LogP contribution in [-0.4, -0.2) is 35.7 Å². The fourth-order valence-corrected chi connectivity index (χ4v) is 3.03. The standard InChI is InChI=1S/C14H29NO2S/c1-6-8-10-18-11-9-14(5,15-12(3)4)13(16)17-7-2/h12,15H,6-11H2,1-5H3. The van der Waals surface area contributed by atoms with Crippen molar-refractivity contribution in [3.05, 3.63) is 0 Å². The number of thioether (sulfide) groups is 1. The molecule has 0 radical (unpaired) electrons. The maximum absolute atomic E-state index is 12.0. The van der Waals surface area contributed by atoms with Gasteiger partial charge in [-0.3, -0.25) is 10.1 Å². The summed E-state index contributed by atoms with van der Waals surface area (Å²) in [6, 6.07) is 0.278. The first-order valence-corrected chi connectivity index (χ1v) is 8.14. The third-order valence-electron chi connectivity index (χ3n) is 2.72. The number of esters is 1. The minimum absolute atomic E-state index is 0.130. The van der Waals surface area contributed by atoms with Crippen molar-refractivity contribution in [1.29, 1.82) is 0 Å². The third-order valence-corrected chi connectivity index (χ3v) is 3.79. The molecule has 0 fully saturated rings. The summed E-state index contributed by atoms with van der Waals surface area (Å²) >= 11 is 1.92. The Bertz CT molecular complexity index is 234. The van der Waals surface area contributed by atoms with E-state index >= 15 is 0 Å². The Morgan fingerprint density at radius 3 is 2.50 bits per heavy atom. The highest BCUT2D eigenvalue weighted by molar-refractivity contribution is 7.99. The summed E-state index contributed by atoms with van der Waals surface area (Å²) in [6.07, 6.45) is 3.29. The number of nitrogens with one attached hydrogen (secondary N) is 1. The van der Waals surface area contributed by atoms with E-state index in [1.54, 1.807) is 0 Å². The van der Waals surface area contributed by atoms with Crippen LogP contribution in [0, 0.1) is 0 Å². The number of carbonyl (C=O) groups is 1. The predicted octanol–water partition coefficient (Wildman–Crippen LogP) is 3.23. The van der Waals surface area contributed by atoms with E-state index in [-0.39, 0.29) is 12.0 Å². The number of unbranched alkanes of at least 4 members (excludes halogenated alkanes) is 1. The zero-order valence-electron chi connectivity index (χ0n) is 12.5. The summed E-state index contributed by atoms with van der Waals surface area (Å²) in [4.78, 5) is 12.0. The van der Waals surface area contributed by atoms with Crippen molar-refractivity contribution in [2.75, 3.05) is 18.1 Å². The summed E-state index contributed by atoms with van der Waals surface area (Å²) in [6.45, 7) is 10.6. The fraction of sp³-hybridized carbons (Fsp3) is 0.929. The Kier molecular flexibility index (Phi) is 9.56. The lowest BCUT2D eigenvalue weighted by Crippen LogP contribution is -2.53. The monoisotopic (exact) mass is 275 g/mol. The highest BCUT2D eigenvalue weighted by Gasteiger charge is 2.34. The maximum Gasteiger partial charge on any atom is 0.326 e. The molecule has 0 aliphatic rings. The summed E-state index contributed by atoms with van der Waals surface area (Å²) in [5.41, 5.74) is -0.552. The van der Waals surface area contributed by atoms with E-state index in [4.69, 9.17) is 4.74 Å². The lowest BCUT2D eigenvalue weighted by molar-refractivity contribution is -0.150. The van der Waals surface area contributed by atoms with Crippen molar-refractivity contribution < 1.29 is 9.53 Å². The number of rotatable bonds is 10. The van der Waals surface area contributed by atoms with E-state index in [0.717, 1.165) is 12.2 Å². The topological polar surface area (TPSA) is 38.3 Å². The molecule has 0 bridgehead atoms. The number of hydrogen-bond donors (Lipinski definition) is 1. The molecule has 4 heteroatoms. The molecule has 0 spiro atoms. The molecule has 0 heterocycles. The van der Waals surface area contributed by atoms with Crippen molar-refractivity contribution in [3.63, 3.8) is 0 Å². The van der Waals surface area contributed by atoms with Crippen LogP contribution in [0.3, 0.4) is 0 Å². The highest BCUT2D eigenvalue weighted by atomic mass is 32.2. The zero-order valence-corrected chi connectivity index (χ0v) is 13.4. The van der Waals surface area contributed by atoms with Crippen LogP contribution in [0.5, 0.6) is 0 Å². The van der Waals surface area contributed by atoms with Gasteiger partial charge >= 0.3 is 5.97 Å². The van der Waals surface area contributed by atoms with Crippen LogP contribution in [0.1, 0.15) is 53.9 Å². The average molecular weight is 275 g/mol. The molecule has 18 heavy (non-hydrogen) atoms. The Labute approximate surface area is 116 Å². The van der Waals surface area contributed by atoms with E-state index in [1.165, 1.54) is 18.6 Å². The summed E-state index contributed by atoms with van der Waals surface area (Å²) in [7, 11) is 0. The Balaban J connectivity index is 4.25. The van der Waals surface area contributed by atoms with Crippen molar-refractivity contribution in [3.8, 4) is 0 Å². The van der Waals surface area contributed by atoms with Gasteiger partial charge in [0.05, 0.1) is 6.61 Å². The minimum atomic E-state index is -0.552. The van der Waals surface area contributed by atoms with Gasteiger partial charge in [-0.1, -0.05) is 13.3 Å². The highest BCUT2D eigenvalue weighted by Crippen LogP contribution is 2.18. The van der Waals surface area contributed by atoms with E-state index < -0.39 is 5.54 Å². The van der Waals surface area contributed by atoms with Gasteiger partial charge in [-0.15, -0.1) is 0 Å². The summed E-state index contributed by atoms with van der Waals surface area (Å²) in [5, 5.41) is 3.34. The molecule has 0 aromatic rings. The van der Waals surface area contributed by atoms with Crippen LogP contribution >= 0.6 is 11.8 Å². The molecule has 1 unspecified atom stereocenters. The first-order chi connectivity index (χ1) is 8.46. The quantitative estimate of drug-likeness (QED) is 0.491. The average Bonchev–Trinajstić information content (AvgIpc) is 2.28. The van der Waals surface area contributed by atoms with Gasteiger partial charge in [0, 0.05) is 6.04 Å². The normalized spacial score (nSPS) is 14.6. The van der Waals surface area contributed by atoms with Gasteiger partial charge in [-0.25, -0.2) is 0 Å². The molecule has 0 aliphatic heterocycles. The van der Waals surface area contributed by atoms with Crippen molar-refractivity contribution in [1.82, 2.24) is 5.32 Å². The van der Waals surface area contributed by atoms with E-state index in [9.17, 15) is 4.79 Å². The second kappa shape index (κ2) is 9.68. The lowest BCUT2D eigenvalue weighted by atomic mass is 9.98. The van der Waals surface area contributed by atoms with Crippen molar-refractivity contribution in [2.45, 2.75) is 65.5 Å². The maximum atomic E-state index is 12.0. The van der Waals surface area contributed by atoms with Crippen molar-refractivity contribution in [2.24, 2.45) is 0 Å². The largest absolute Gasteiger partial charge is 0.465 e. The molecule has 0 aromatic carbocycles. The van der Waals surface area contributed by atoms with Gasteiger partial charge in [-0.2, -0.15) is 11.8 Å². The van der Waals surface area contributed by atoms with Gasteiger partial charge in [0.1, 0.15) is 5.54 Å². The molecule has 0 saturated heterocycles. The van der Waals surface area contributed by atoms with Crippen LogP contribution in [0.25, 0.3) is 0 Å². The molecule has 0 rings (SSSR count). The van der Waals surface area contributed by atoms with Gasteiger partial charge in [-0.05, 0) is 52.0 Å². The molecule has 3 nitrogen and oxygen atoms in total. The van der Waals surface area contributed by atoms with Gasteiger partial charge in [0.15, 0.2) is 0 Å². The fourth-order valence-electron chi connectivity index (χ4n) is 1.79. The first kappa shape index (κ1) is 17.8. The smallest absolute Gasteiger partial charge is 0.326 e. The summed E-state index contributed by atoms with van der Waals surface area (Å²) in [5.74, 6) is 2.04. The zero-order chi connectivity index (χ0) is 14.0. The lowest BCUT2D eigenvalue weighted by Gasteiger charge is -2.30. The van der Waals surface area contributed by atoms with Crippen molar-refractivity contribution >= 4 is 17.7 Å². The Morgan fingerprint density at radius 2 is 2.00 bits per heavy atom. The third kappa shape index (κ3) is 7.27. The molecule has 1 atom stereocenters. The number of carbonyl (C=O) groups excluding carboxylic acids is 1. The second-order valence-corrected chi connectivity index (χ2v) is 6.29. The number of ether oxygens (including phenoxy) is 1. The van der Waals surface area contributed by atoms with E-state index in [2.05, 4.69) is 26.1 Å². The number of hydrogen-bond acceptors (Lipinski definition) is 4. The molecule has 0 aliphatic carbocycles. The van der Waals surface area contributed by atoms with Crippen LogP contribution in [0.2, 0.25) is 0 Å². The van der Waals surface area contributed by atoms with Crippen LogP contribution in [0.15, 0.2) is 0 Å². The van der Waals surface area contributed by atoms with Gasteiger partial charge in [0.2, 0.25) is 0 Å². The van der Waals surface area contributed by atoms with E-state index in [1.807, 2.05) is 25.6 Å². The molecule has 108 valence electrons. The second-order valence-electron chi connectivity index (χ2n) is 5.07. The molecule has 0 aromatic heterocycles. The van der Waals surface area contributed by atoms with Crippen LogP contribution in [-0.2, 0) is 9.53 Å². The van der Waals surface area contributed by atoms with Gasteiger partial charge < -0.3 is 4.74 Å². The minimum Gasteiger partial charge on any atom is -0.465 e. The molecule has 0 saturated carbocycles. The van der Waals surface area contributed by atoms with E-state index in [0.29, 0.717) is 6.61 Å². The molecule has 1 N–H and O–H groups in total. The Morgan fingerprint density at radius 1 is 1.33 bits per heavy atom. The molecular formula is C14H29NO2S. The van der Waals surface area contributed by atoms with Gasteiger partial charge in [0.25, 0.3) is 0 Å².